The van der Waals surface area contributed by atoms with Gasteiger partial charge >= 0.3 is 0 Å². The first-order chi connectivity index (χ1) is 11.8. The molecule has 1 aromatic carbocycles. The van der Waals surface area contributed by atoms with Crippen molar-refractivity contribution < 1.29 is 9.53 Å². The summed E-state index contributed by atoms with van der Waals surface area (Å²) in [6.07, 6.45) is 4.12. The predicted molar refractivity (Wildman–Crippen MR) is 93.9 cm³/mol. The molecule has 3 aliphatic heterocycles. The molecular formula is C19H27N3O2. The second-order valence-corrected chi connectivity index (χ2v) is 7.40. The van der Waals surface area contributed by atoms with Gasteiger partial charge in [0.15, 0.2) is 0 Å². The summed E-state index contributed by atoms with van der Waals surface area (Å²) in [4.78, 5) is 15.4. The molecular weight excluding hydrogens is 302 g/mol. The largest absolute Gasteiger partial charge is 0.381 e. The molecule has 0 bridgehead atoms. The number of piperidine rings is 1. The number of nitrogens with zero attached hydrogens (tertiary/aromatic N) is 1. The van der Waals surface area contributed by atoms with Crippen molar-refractivity contribution in [2.24, 2.45) is 5.92 Å². The van der Waals surface area contributed by atoms with E-state index in [0.717, 1.165) is 63.8 Å². The van der Waals surface area contributed by atoms with E-state index in [2.05, 4.69) is 21.6 Å². The third-order valence-corrected chi connectivity index (χ3v) is 5.88. The van der Waals surface area contributed by atoms with Crippen molar-refractivity contribution in [2.45, 2.75) is 37.8 Å². The first-order valence-corrected chi connectivity index (χ1v) is 9.20. The van der Waals surface area contributed by atoms with Crippen LogP contribution in [0.1, 0.15) is 31.2 Å². The van der Waals surface area contributed by atoms with Crippen LogP contribution in [0.4, 0.5) is 5.69 Å². The maximum atomic E-state index is 12.8. The summed E-state index contributed by atoms with van der Waals surface area (Å²) in [5.74, 6) is 0.895. The summed E-state index contributed by atoms with van der Waals surface area (Å²) >= 11 is 0. The number of carbonyl (C=O) groups is 1. The molecule has 5 heteroatoms. The van der Waals surface area contributed by atoms with E-state index in [9.17, 15) is 4.79 Å². The fourth-order valence-electron chi connectivity index (χ4n) is 4.20. The molecule has 1 aromatic rings. The van der Waals surface area contributed by atoms with Crippen LogP contribution >= 0.6 is 0 Å². The summed E-state index contributed by atoms with van der Waals surface area (Å²) in [5, 5.41) is 6.71. The van der Waals surface area contributed by atoms with Gasteiger partial charge in [0, 0.05) is 45.1 Å². The number of benzene rings is 1. The normalized spacial score (nSPS) is 25.1. The number of hydrogen-bond acceptors (Lipinski definition) is 4. The van der Waals surface area contributed by atoms with E-state index in [1.165, 1.54) is 18.4 Å². The number of ether oxygens (including phenoxy) is 1. The molecule has 5 nitrogen and oxygen atoms in total. The summed E-state index contributed by atoms with van der Waals surface area (Å²) < 4.78 is 5.46. The van der Waals surface area contributed by atoms with Gasteiger partial charge in [-0.05, 0) is 43.2 Å². The predicted octanol–water partition coefficient (Wildman–Crippen LogP) is 1.99. The van der Waals surface area contributed by atoms with Gasteiger partial charge in [0.25, 0.3) is 0 Å². The summed E-state index contributed by atoms with van der Waals surface area (Å²) in [6, 6.07) is 8.09. The van der Waals surface area contributed by atoms with Crippen LogP contribution in [0.25, 0.3) is 0 Å². The average Bonchev–Trinajstić information content (AvgIpc) is 2.76. The molecule has 3 aliphatic rings. The fraction of sp³-hybridized carbons (Fsp3) is 0.632. The van der Waals surface area contributed by atoms with Crippen LogP contribution in [0.3, 0.4) is 0 Å². The van der Waals surface area contributed by atoms with E-state index >= 15 is 0 Å². The first-order valence-electron chi connectivity index (χ1n) is 9.20. The molecule has 0 radical (unpaired) electrons. The summed E-state index contributed by atoms with van der Waals surface area (Å²) in [7, 11) is 0. The van der Waals surface area contributed by atoms with Crippen LogP contribution in [-0.2, 0) is 16.1 Å². The highest BCUT2D eigenvalue weighted by molar-refractivity contribution is 5.99. The molecule has 0 saturated carbocycles. The maximum absolute atomic E-state index is 12.8. The molecule has 2 fully saturated rings. The molecule has 0 aliphatic carbocycles. The number of anilines is 1. The molecule has 0 atom stereocenters. The van der Waals surface area contributed by atoms with E-state index in [0.29, 0.717) is 0 Å². The zero-order valence-electron chi connectivity index (χ0n) is 14.2. The van der Waals surface area contributed by atoms with E-state index in [4.69, 9.17) is 4.74 Å². The summed E-state index contributed by atoms with van der Waals surface area (Å²) in [5.41, 5.74) is 1.72. The van der Waals surface area contributed by atoms with E-state index in [1.807, 2.05) is 18.2 Å². The van der Waals surface area contributed by atoms with Crippen molar-refractivity contribution in [1.29, 1.82) is 0 Å². The van der Waals surface area contributed by atoms with Gasteiger partial charge in [0.05, 0.1) is 0 Å². The van der Waals surface area contributed by atoms with Crippen molar-refractivity contribution in [3.05, 3.63) is 29.8 Å². The topological polar surface area (TPSA) is 53.6 Å². The Bertz CT molecular complexity index is 590. The second kappa shape index (κ2) is 6.82. The highest BCUT2D eigenvalue weighted by atomic mass is 16.5. The molecule has 0 aromatic heterocycles. The van der Waals surface area contributed by atoms with Crippen molar-refractivity contribution in [3.8, 4) is 0 Å². The van der Waals surface area contributed by atoms with E-state index in [1.54, 1.807) is 0 Å². The van der Waals surface area contributed by atoms with Gasteiger partial charge in [0.1, 0.15) is 5.54 Å². The quantitative estimate of drug-likeness (QED) is 0.871. The van der Waals surface area contributed by atoms with Gasteiger partial charge in [-0.25, -0.2) is 0 Å². The Morgan fingerprint density at radius 1 is 1.17 bits per heavy atom. The first kappa shape index (κ1) is 16.1. The van der Waals surface area contributed by atoms with Crippen molar-refractivity contribution in [3.63, 3.8) is 0 Å². The summed E-state index contributed by atoms with van der Waals surface area (Å²) in [6.45, 7) is 5.72. The number of fused-ring (bicyclic) bond motifs is 1. The Morgan fingerprint density at radius 2 is 1.92 bits per heavy atom. The highest BCUT2D eigenvalue weighted by Gasteiger charge is 2.42. The molecule has 2 N–H and O–H groups in total. The third-order valence-electron chi connectivity index (χ3n) is 5.88. The minimum atomic E-state index is -0.412. The maximum Gasteiger partial charge on any atom is 0.244 e. The molecule has 24 heavy (non-hydrogen) atoms. The van der Waals surface area contributed by atoms with Crippen molar-refractivity contribution in [2.75, 3.05) is 38.2 Å². The van der Waals surface area contributed by atoms with Crippen LogP contribution in [0, 0.1) is 5.92 Å². The number of likely N-dealkylation sites (tertiary alicyclic amines) is 1. The number of nitrogens with one attached hydrogen (secondary N) is 2. The van der Waals surface area contributed by atoms with Gasteiger partial charge in [-0.15, -0.1) is 0 Å². The zero-order valence-corrected chi connectivity index (χ0v) is 14.2. The minimum absolute atomic E-state index is 0.137. The monoisotopic (exact) mass is 329 g/mol. The SMILES string of the molecule is O=C1Nc2ccccc2CNC12CCN(CC1CCOCC1)CC2. The van der Waals surface area contributed by atoms with E-state index < -0.39 is 5.54 Å². The highest BCUT2D eigenvalue weighted by Crippen LogP contribution is 2.30. The van der Waals surface area contributed by atoms with Crippen molar-refractivity contribution in [1.82, 2.24) is 10.2 Å². The number of hydrogen-bond donors (Lipinski definition) is 2. The number of rotatable bonds is 2. The van der Waals surface area contributed by atoms with Crippen LogP contribution in [0.15, 0.2) is 24.3 Å². The molecule has 4 rings (SSSR count). The molecule has 0 unspecified atom stereocenters. The lowest BCUT2D eigenvalue weighted by Crippen LogP contribution is -2.59. The Labute approximate surface area is 143 Å². The average molecular weight is 329 g/mol. The molecule has 130 valence electrons. The Morgan fingerprint density at radius 3 is 2.71 bits per heavy atom. The van der Waals surface area contributed by atoms with Gasteiger partial charge in [-0.3, -0.25) is 10.1 Å². The molecule has 2 saturated heterocycles. The Hall–Kier alpha value is -1.43. The van der Waals surface area contributed by atoms with Crippen molar-refractivity contribution >= 4 is 11.6 Å². The molecule has 3 heterocycles. The molecule has 1 amide bonds. The fourth-order valence-corrected chi connectivity index (χ4v) is 4.20. The Kier molecular flexibility index (Phi) is 4.57. The van der Waals surface area contributed by atoms with Gasteiger partial charge in [-0.2, -0.15) is 0 Å². The third kappa shape index (κ3) is 3.21. The van der Waals surface area contributed by atoms with Gasteiger partial charge in [-0.1, -0.05) is 18.2 Å². The number of carbonyl (C=O) groups excluding carboxylic acids is 1. The van der Waals surface area contributed by atoms with Crippen LogP contribution < -0.4 is 10.6 Å². The lowest BCUT2D eigenvalue weighted by molar-refractivity contribution is -0.124. The lowest BCUT2D eigenvalue weighted by atomic mass is 9.85. The lowest BCUT2D eigenvalue weighted by Gasteiger charge is -2.41. The van der Waals surface area contributed by atoms with Crippen LogP contribution in [-0.4, -0.2) is 49.2 Å². The smallest absolute Gasteiger partial charge is 0.244 e. The Balaban J connectivity index is 1.38. The van der Waals surface area contributed by atoms with Crippen LogP contribution in [0.5, 0.6) is 0 Å². The van der Waals surface area contributed by atoms with E-state index in [-0.39, 0.29) is 5.91 Å². The minimum Gasteiger partial charge on any atom is -0.381 e. The van der Waals surface area contributed by atoms with Crippen LogP contribution in [0.2, 0.25) is 0 Å². The number of para-hydroxylation sites is 1. The zero-order chi connectivity index (χ0) is 16.4. The standard InChI is InChI=1S/C19H27N3O2/c23-18-19(20-13-16-3-1-2-4-17(16)21-18)7-9-22(10-8-19)14-15-5-11-24-12-6-15/h1-4,15,20H,5-14H2,(H,21,23). The van der Waals surface area contributed by atoms with Gasteiger partial charge in [0.2, 0.25) is 5.91 Å². The molecule has 1 spiro atoms. The van der Waals surface area contributed by atoms with Gasteiger partial charge < -0.3 is 15.0 Å². The second-order valence-electron chi connectivity index (χ2n) is 7.40. The number of amides is 1.